The molecule has 1 aromatic carbocycles. The summed E-state index contributed by atoms with van der Waals surface area (Å²) in [6.45, 7) is 2.43. The van der Waals surface area contributed by atoms with Crippen molar-refractivity contribution in [1.82, 2.24) is 9.80 Å². The van der Waals surface area contributed by atoms with E-state index in [0.29, 0.717) is 26.2 Å². The van der Waals surface area contributed by atoms with Crippen LogP contribution in [0.15, 0.2) is 18.2 Å². The fourth-order valence-corrected chi connectivity index (χ4v) is 2.19. The van der Waals surface area contributed by atoms with Gasteiger partial charge in [0, 0.05) is 38.3 Å². The summed E-state index contributed by atoms with van der Waals surface area (Å²) in [6, 6.07) is 3.28. The second kappa shape index (κ2) is 5.88. The van der Waals surface area contributed by atoms with Crippen LogP contribution in [-0.4, -0.2) is 64.9 Å². The van der Waals surface area contributed by atoms with Gasteiger partial charge in [-0.3, -0.25) is 14.9 Å². The molecule has 1 heterocycles. The third-order valence-electron chi connectivity index (χ3n) is 3.47. The molecule has 112 valence electrons. The number of carboxylic acid groups (broad SMARTS) is 1. The van der Waals surface area contributed by atoms with Crippen molar-refractivity contribution >= 4 is 17.6 Å². The van der Waals surface area contributed by atoms with Gasteiger partial charge < -0.3 is 14.9 Å². The number of carbonyl (C=O) groups is 2. The Kier molecular flexibility index (Phi) is 4.18. The SMILES string of the molecule is CN1CCN(C(=O)c2ccc([N+](=O)[O-])cc2C(=O)O)CC1. The van der Waals surface area contributed by atoms with Crippen LogP contribution < -0.4 is 0 Å². The number of carboxylic acids is 1. The molecule has 0 radical (unpaired) electrons. The van der Waals surface area contributed by atoms with Crippen molar-refractivity contribution in [1.29, 1.82) is 0 Å². The van der Waals surface area contributed by atoms with Crippen molar-refractivity contribution < 1.29 is 19.6 Å². The first-order chi connectivity index (χ1) is 9.90. The highest BCUT2D eigenvalue weighted by Gasteiger charge is 2.26. The monoisotopic (exact) mass is 293 g/mol. The van der Waals surface area contributed by atoms with Crippen LogP contribution in [0.2, 0.25) is 0 Å². The smallest absolute Gasteiger partial charge is 0.336 e. The second-order valence-electron chi connectivity index (χ2n) is 4.89. The molecule has 0 saturated carbocycles. The predicted molar refractivity (Wildman–Crippen MR) is 73.5 cm³/mol. The zero-order valence-corrected chi connectivity index (χ0v) is 11.5. The summed E-state index contributed by atoms with van der Waals surface area (Å²) in [6.07, 6.45) is 0. The Labute approximate surface area is 120 Å². The number of non-ortho nitro benzene ring substituents is 1. The maximum Gasteiger partial charge on any atom is 0.336 e. The van der Waals surface area contributed by atoms with E-state index >= 15 is 0 Å². The Morgan fingerprint density at radius 2 is 1.81 bits per heavy atom. The summed E-state index contributed by atoms with van der Waals surface area (Å²) < 4.78 is 0. The predicted octanol–water partition coefficient (Wildman–Crippen LogP) is 0.681. The van der Waals surface area contributed by atoms with Gasteiger partial charge in [0.1, 0.15) is 0 Å². The van der Waals surface area contributed by atoms with Gasteiger partial charge in [0.2, 0.25) is 0 Å². The standard InChI is InChI=1S/C13H15N3O5/c1-14-4-6-15(7-5-14)12(17)10-3-2-9(16(20)21)8-11(10)13(18)19/h2-3,8H,4-7H2,1H3,(H,18,19). The van der Waals surface area contributed by atoms with Crippen LogP contribution in [0.3, 0.4) is 0 Å². The molecule has 8 nitrogen and oxygen atoms in total. The van der Waals surface area contributed by atoms with E-state index in [1.165, 1.54) is 6.07 Å². The summed E-state index contributed by atoms with van der Waals surface area (Å²) in [4.78, 5) is 37.3. The molecule has 21 heavy (non-hydrogen) atoms. The zero-order valence-electron chi connectivity index (χ0n) is 11.5. The first-order valence-corrected chi connectivity index (χ1v) is 6.39. The number of piperazine rings is 1. The van der Waals surface area contributed by atoms with E-state index in [2.05, 4.69) is 4.90 Å². The molecule has 2 rings (SSSR count). The van der Waals surface area contributed by atoms with Gasteiger partial charge in [0.25, 0.3) is 11.6 Å². The molecule has 1 fully saturated rings. The number of rotatable bonds is 3. The van der Waals surface area contributed by atoms with E-state index in [1.807, 2.05) is 7.05 Å². The molecule has 0 aromatic heterocycles. The Balaban J connectivity index is 2.32. The Morgan fingerprint density at radius 1 is 1.19 bits per heavy atom. The van der Waals surface area contributed by atoms with Crippen molar-refractivity contribution in [2.75, 3.05) is 33.2 Å². The normalized spacial score (nSPS) is 15.8. The maximum absolute atomic E-state index is 12.4. The van der Waals surface area contributed by atoms with E-state index in [1.54, 1.807) is 4.90 Å². The lowest BCUT2D eigenvalue weighted by atomic mass is 10.0. The topological polar surface area (TPSA) is 104 Å². The van der Waals surface area contributed by atoms with E-state index < -0.39 is 16.8 Å². The van der Waals surface area contributed by atoms with Crippen LogP contribution >= 0.6 is 0 Å². The molecule has 0 unspecified atom stereocenters. The minimum Gasteiger partial charge on any atom is -0.478 e. The molecule has 0 bridgehead atoms. The van der Waals surface area contributed by atoms with Crippen molar-refractivity contribution in [3.63, 3.8) is 0 Å². The van der Waals surface area contributed by atoms with Gasteiger partial charge in [-0.25, -0.2) is 4.79 Å². The highest BCUT2D eigenvalue weighted by molar-refractivity contribution is 6.05. The number of benzene rings is 1. The largest absolute Gasteiger partial charge is 0.478 e. The fraction of sp³-hybridized carbons (Fsp3) is 0.385. The molecule has 0 spiro atoms. The van der Waals surface area contributed by atoms with Crippen LogP contribution in [0.1, 0.15) is 20.7 Å². The van der Waals surface area contributed by atoms with Gasteiger partial charge >= 0.3 is 5.97 Å². The number of hydrogen-bond acceptors (Lipinski definition) is 5. The molecule has 1 aliphatic rings. The van der Waals surface area contributed by atoms with Crippen molar-refractivity contribution in [3.05, 3.63) is 39.4 Å². The molecule has 1 aliphatic heterocycles. The molecular formula is C13H15N3O5. The lowest BCUT2D eigenvalue weighted by Gasteiger charge is -2.32. The third kappa shape index (κ3) is 3.16. The Morgan fingerprint density at radius 3 is 2.33 bits per heavy atom. The first-order valence-electron chi connectivity index (χ1n) is 6.39. The summed E-state index contributed by atoms with van der Waals surface area (Å²) in [5.74, 6) is -1.76. The minimum absolute atomic E-state index is 0.0161. The number of hydrogen-bond donors (Lipinski definition) is 1. The Hall–Kier alpha value is -2.48. The van der Waals surface area contributed by atoms with Gasteiger partial charge in [0.05, 0.1) is 16.1 Å². The zero-order chi connectivity index (χ0) is 15.6. The lowest BCUT2D eigenvalue weighted by Crippen LogP contribution is -2.47. The van der Waals surface area contributed by atoms with Crippen LogP contribution in [0.4, 0.5) is 5.69 Å². The number of amides is 1. The van der Waals surface area contributed by atoms with Crippen LogP contribution in [0.5, 0.6) is 0 Å². The van der Waals surface area contributed by atoms with Gasteiger partial charge in [-0.2, -0.15) is 0 Å². The molecule has 0 atom stereocenters. The molecule has 1 aromatic rings. The number of likely N-dealkylation sites (N-methyl/N-ethyl adjacent to an activating group) is 1. The highest BCUT2D eigenvalue weighted by Crippen LogP contribution is 2.20. The average Bonchev–Trinajstić information content (AvgIpc) is 2.46. The van der Waals surface area contributed by atoms with E-state index in [4.69, 9.17) is 5.11 Å². The fourth-order valence-electron chi connectivity index (χ4n) is 2.19. The van der Waals surface area contributed by atoms with E-state index in [9.17, 15) is 19.7 Å². The summed E-state index contributed by atoms with van der Waals surface area (Å²) in [7, 11) is 1.94. The number of nitro groups is 1. The van der Waals surface area contributed by atoms with E-state index in [-0.39, 0.29) is 16.8 Å². The lowest BCUT2D eigenvalue weighted by molar-refractivity contribution is -0.384. The van der Waals surface area contributed by atoms with Gasteiger partial charge in [-0.1, -0.05) is 0 Å². The highest BCUT2D eigenvalue weighted by atomic mass is 16.6. The van der Waals surface area contributed by atoms with Gasteiger partial charge in [0.15, 0.2) is 0 Å². The molecule has 1 saturated heterocycles. The number of aromatic carboxylic acids is 1. The van der Waals surface area contributed by atoms with E-state index in [0.717, 1.165) is 12.1 Å². The molecule has 1 amide bonds. The summed E-state index contributed by atoms with van der Waals surface area (Å²) >= 11 is 0. The van der Waals surface area contributed by atoms with Gasteiger partial charge in [-0.05, 0) is 13.1 Å². The van der Waals surface area contributed by atoms with Crippen LogP contribution in [0, 0.1) is 10.1 Å². The minimum atomic E-state index is -1.35. The maximum atomic E-state index is 12.4. The summed E-state index contributed by atoms with van der Waals surface area (Å²) in [5, 5.41) is 19.9. The molecule has 1 N–H and O–H groups in total. The third-order valence-corrected chi connectivity index (χ3v) is 3.47. The average molecular weight is 293 g/mol. The van der Waals surface area contributed by atoms with Crippen molar-refractivity contribution in [2.45, 2.75) is 0 Å². The molecule has 8 heteroatoms. The molecule has 0 aliphatic carbocycles. The number of nitro benzene ring substituents is 1. The van der Waals surface area contributed by atoms with Gasteiger partial charge in [-0.15, -0.1) is 0 Å². The Bertz CT molecular complexity index is 593. The number of carbonyl (C=O) groups excluding carboxylic acids is 1. The van der Waals surface area contributed by atoms with Crippen LogP contribution in [-0.2, 0) is 0 Å². The van der Waals surface area contributed by atoms with Crippen LogP contribution in [0.25, 0.3) is 0 Å². The first kappa shape index (κ1) is 14.9. The number of nitrogens with zero attached hydrogens (tertiary/aromatic N) is 3. The second-order valence-corrected chi connectivity index (χ2v) is 4.89. The molecular weight excluding hydrogens is 278 g/mol. The van der Waals surface area contributed by atoms with Crippen molar-refractivity contribution in [3.8, 4) is 0 Å². The van der Waals surface area contributed by atoms with Crippen molar-refractivity contribution in [2.24, 2.45) is 0 Å². The quantitative estimate of drug-likeness (QED) is 0.649. The summed E-state index contributed by atoms with van der Waals surface area (Å²) in [5.41, 5.74) is -0.701.